The van der Waals surface area contributed by atoms with Crippen molar-refractivity contribution in [1.29, 1.82) is 5.26 Å². The minimum Gasteiger partial charge on any atom is -0.366 e. The molecule has 1 aromatic carbocycles. The van der Waals surface area contributed by atoms with Gasteiger partial charge in [-0.3, -0.25) is 9.88 Å². The zero-order chi connectivity index (χ0) is 22.5. The van der Waals surface area contributed by atoms with Crippen LogP contribution < -0.4 is 4.90 Å². The number of tetrazole rings is 1. The molecule has 32 heavy (non-hydrogen) atoms. The number of anilines is 1. The van der Waals surface area contributed by atoms with Crippen LogP contribution in [0.15, 0.2) is 36.7 Å². The number of halogens is 2. The Labute approximate surface area is 197 Å². The van der Waals surface area contributed by atoms with E-state index in [1.807, 2.05) is 28.9 Å². The van der Waals surface area contributed by atoms with Crippen LogP contribution in [0.3, 0.4) is 0 Å². The van der Waals surface area contributed by atoms with Crippen molar-refractivity contribution >= 4 is 28.9 Å². The molecule has 0 amide bonds. The molecule has 0 N–H and O–H groups in total. The Morgan fingerprint density at radius 3 is 2.38 bits per heavy atom. The summed E-state index contributed by atoms with van der Waals surface area (Å²) >= 11 is 12.8. The summed E-state index contributed by atoms with van der Waals surface area (Å²) in [4.78, 5) is 8.62. The van der Waals surface area contributed by atoms with Gasteiger partial charge in [0, 0.05) is 45.1 Å². The molecule has 10 heteroatoms. The van der Waals surface area contributed by atoms with Crippen molar-refractivity contribution in [1.82, 2.24) is 30.1 Å². The zero-order valence-electron chi connectivity index (χ0n) is 17.8. The van der Waals surface area contributed by atoms with E-state index >= 15 is 0 Å². The van der Waals surface area contributed by atoms with E-state index in [4.69, 9.17) is 23.2 Å². The molecule has 3 heterocycles. The smallest absolute Gasteiger partial charge is 0.173 e. The molecule has 1 atom stereocenters. The molecule has 1 aliphatic heterocycles. The molecule has 1 saturated heterocycles. The van der Waals surface area contributed by atoms with Crippen LogP contribution in [0.25, 0.3) is 0 Å². The van der Waals surface area contributed by atoms with Crippen molar-refractivity contribution in [2.45, 2.75) is 32.4 Å². The molecule has 166 valence electrons. The van der Waals surface area contributed by atoms with Crippen LogP contribution in [-0.2, 0) is 6.54 Å². The Morgan fingerprint density at radius 2 is 1.75 bits per heavy atom. The number of piperazine rings is 1. The molecule has 4 rings (SSSR count). The first-order valence-electron chi connectivity index (χ1n) is 10.7. The van der Waals surface area contributed by atoms with E-state index in [1.165, 1.54) is 0 Å². The van der Waals surface area contributed by atoms with Gasteiger partial charge in [-0.1, -0.05) is 48.7 Å². The van der Waals surface area contributed by atoms with E-state index in [1.54, 1.807) is 12.4 Å². The van der Waals surface area contributed by atoms with Gasteiger partial charge in [0.2, 0.25) is 0 Å². The average Bonchev–Trinajstić information content (AvgIpc) is 3.27. The molecule has 1 aliphatic rings. The third kappa shape index (κ3) is 4.70. The Balaban J connectivity index is 1.61. The number of rotatable bonds is 7. The van der Waals surface area contributed by atoms with Crippen LogP contribution in [0, 0.1) is 11.3 Å². The third-order valence-corrected chi connectivity index (χ3v) is 6.26. The maximum Gasteiger partial charge on any atom is 0.173 e. The van der Waals surface area contributed by atoms with Crippen molar-refractivity contribution in [2.24, 2.45) is 0 Å². The highest BCUT2D eigenvalue weighted by molar-refractivity contribution is 6.38. The molecular weight excluding hydrogens is 447 g/mol. The van der Waals surface area contributed by atoms with Gasteiger partial charge < -0.3 is 4.90 Å². The van der Waals surface area contributed by atoms with E-state index in [0.717, 1.165) is 62.6 Å². The topological polar surface area (TPSA) is 86.8 Å². The van der Waals surface area contributed by atoms with Gasteiger partial charge in [0.25, 0.3) is 0 Å². The fourth-order valence-electron chi connectivity index (χ4n) is 4.05. The van der Waals surface area contributed by atoms with E-state index in [0.29, 0.717) is 15.6 Å². The molecule has 1 fully saturated rings. The van der Waals surface area contributed by atoms with Gasteiger partial charge in [0.15, 0.2) is 5.82 Å². The van der Waals surface area contributed by atoms with Gasteiger partial charge in [0.05, 0.1) is 33.4 Å². The number of aromatic nitrogens is 5. The van der Waals surface area contributed by atoms with Gasteiger partial charge in [-0.15, -0.1) is 5.10 Å². The number of unbranched alkanes of at least 4 members (excludes halogenated alkanes) is 1. The third-order valence-electron chi connectivity index (χ3n) is 5.71. The highest BCUT2D eigenvalue weighted by Crippen LogP contribution is 2.35. The largest absolute Gasteiger partial charge is 0.366 e. The number of hydrogen-bond donors (Lipinski definition) is 0. The quantitative estimate of drug-likeness (QED) is 0.516. The summed E-state index contributed by atoms with van der Waals surface area (Å²) < 4.78 is 1.90. The van der Waals surface area contributed by atoms with Crippen molar-refractivity contribution in [3.05, 3.63) is 63.7 Å². The fourth-order valence-corrected chi connectivity index (χ4v) is 4.65. The van der Waals surface area contributed by atoms with E-state index < -0.39 is 0 Å². The van der Waals surface area contributed by atoms with Crippen LogP contribution in [0.5, 0.6) is 0 Å². The monoisotopic (exact) mass is 470 g/mol. The average molecular weight is 471 g/mol. The number of nitrogens with zero attached hydrogens (tertiary/aromatic N) is 8. The summed E-state index contributed by atoms with van der Waals surface area (Å²) in [5.41, 5.74) is 2.51. The Kier molecular flexibility index (Phi) is 7.20. The number of benzene rings is 1. The molecule has 8 nitrogen and oxygen atoms in total. The van der Waals surface area contributed by atoms with Crippen LogP contribution in [0.4, 0.5) is 5.69 Å². The van der Waals surface area contributed by atoms with Gasteiger partial charge in [-0.05, 0) is 34.5 Å². The second-order valence-corrected chi connectivity index (χ2v) is 8.54. The zero-order valence-corrected chi connectivity index (χ0v) is 19.3. The summed E-state index contributed by atoms with van der Waals surface area (Å²) in [6.07, 6.45) is 5.31. The second-order valence-electron chi connectivity index (χ2n) is 7.72. The minimum absolute atomic E-state index is 0.111. The molecule has 3 aromatic rings. The number of nitriles is 1. The molecule has 0 bridgehead atoms. The maximum absolute atomic E-state index is 9.19. The summed E-state index contributed by atoms with van der Waals surface area (Å²) in [6, 6.07) is 9.74. The van der Waals surface area contributed by atoms with Gasteiger partial charge in [-0.2, -0.15) is 5.26 Å². The summed E-state index contributed by atoms with van der Waals surface area (Å²) in [6.45, 7) is 5.99. The number of hydrogen-bond acceptors (Lipinski definition) is 7. The molecular formula is C22H24Cl2N8. The summed E-state index contributed by atoms with van der Waals surface area (Å²) in [7, 11) is 0. The predicted molar refractivity (Wildman–Crippen MR) is 124 cm³/mol. The van der Waals surface area contributed by atoms with Crippen molar-refractivity contribution < 1.29 is 0 Å². The van der Waals surface area contributed by atoms with Crippen LogP contribution in [-0.4, -0.2) is 56.3 Å². The highest BCUT2D eigenvalue weighted by Gasteiger charge is 2.31. The lowest BCUT2D eigenvalue weighted by Gasteiger charge is -2.40. The fraction of sp³-hybridized carbons (Fsp3) is 0.409. The first-order valence-corrected chi connectivity index (χ1v) is 11.4. The highest BCUT2D eigenvalue weighted by atomic mass is 35.5. The molecule has 1 unspecified atom stereocenters. The van der Waals surface area contributed by atoms with Gasteiger partial charge >= 0.3 is 0 Å². The van der Waals surface area contributed by atoms with Crippen molar-refractivity contribution in [3.8, 4) is 6.07 Å². The molecule has 0 spiro atoms. The summed E-state index contributed by atoms with van der Waals surface area (Å²) in [5.74, 6) is 0.816. The second kappa shape index (κ2) is 10.3. The van der Waals surface area contributed by atoms with E-state index in [-0.39, 0.29) is 6.04 Å². The lowest BCUT2D eigenvalue weighted by Crippen LogP contribution is -2.48. The Bertz CT molecular complexity index is 1060. The lowest BCUT2D eigenvalue weighted by atomic mass is 10.0. The van der Waals surface area contributed by atoms with Crippen LogP contribution in [0.2, 0.25) is 10.0 Å². The first-order chi connectivity index (χ1) is 15.6. The molecule has 0 aliphatic carbocycles. The SMILES string of the molecule is CCCCn1nnnc1C(c1ccc(C#N)cc1)N1CCN(c2c(Cl)cncc2Cl)CC1. The normalized spacial score (nSPS) is 15.5. The van der Waals surface area contributed by atoms with Crippen molar-refractivity contribution in [2.75, 3.05) is 31.1 Å². The number of pyridine rings is 1. The van der Waals surface area contributed by atoms with E-state index in [2.05, 4.69) is 43.3 Å². The summed E-state index contributed by atoms with van der Waals surface area (Å²) in [5, 5.41) is 22.9. The number of aryl methyl sites for hydroxylation is 1. The Morgan fingerprint density at radius 1 is 1.06 bits per heavy atom. The predicted octanol–water partition coefficient (Wildman–Crippen LogP) is 3.96. The maximum atomic E-state index is 9.19. The Hall–Kier alpha value is -2.73. The van der Waals surface area contributed by atoms with Crippen molar-refractivity contribution in [3.63, 3.8) is 0 Å². The van der Waals surface area contributed by atoms with Gasteiger partial charge in [0.1, 0.15) is 0 Å². The standard InChI is InChI=1S/C22H24Cl2N8/c1-2-3-8-32-22(27-28-29-32)20(17-6-4-16(13-25)5-7-17)30-9-11-31(12-10-30)21-18(23)14-26-15-19(21)24/h4-7,14-15,20H,2-3,8-12H2,1H3. The van der Waals surface area contributed by atoms with Gasteiger partial charge in [-0.25, -0.2) is 4.68 Å². The molecule has 0 radical (unpaired) electrons. The first kappa shape index (κ1) is 22.5. The van der Waals surface area contributed by atoms with Crippen LogP contribution >= 0.6 is 23.2 Å². The van der Waals surface area contributed by atoms with Crippen LogP contribution in [0.1, 0.15) is 42.8 Å². The van der Waals surface area contributed by atoms with E-state index in [9.17, 15) is 5.26 Å². The molecule has 2 aromatic heterocycles. The lowest BCUT2D eigenvalue weighted by molar-refractivity contribution is 0.200. The molecule has 0 saturated carbocycles. The minimum atomic E-state index is -0.111.